The fourth-order valence-electron chi connectivity index (χ4n) is 2.44. The van der Waals surface area contributed by atoms with E-state index in [4.69, 9.17) is 0 Å². The fraction of sp³-hybridized carbons (Fsp3) is 0.400. The Hall–Kier alpha value is -1.79. The summed E-state index contributed by atoms with van der Waals surface area (Å²) in [6.45, 7) is 2.91. The molecule has 1 saturated heterocycles. The average molecular weight is 292 g/mol. The van der Waals surface area contributed by atoms with Gasteiger partial charge in [-0.3, -0.25) is 9.58 Å². The van der Waals surface area contributed by atoms with Gasteiger partial charge in [-0.25, -0.2) is 8.78 Å². The number of halogens is 2. The highest BCUT2D eigenvalue weighted by Gasteiger charge is 2.19. The molecule has 1 aliphatic rings. The van der Waals surface area contributed by atoms with Gasteiger partial charge in [-0.2, -0.15) is 5.10 Å². The van der Waals surface area contributed by atoms with Gasteiger partial charge in [0, 0.05) is 43.5 Å². The summed E-state index contributed by atoms with van der Waals surface area (Å²) in [4.78, 5) is 1.94. The minimum absolute atomic E-state index is 0.361. The molecule has 112 valence electrons. The summed E-state index contributed by atoms with van der Waals surface area (Å²) in [5.74, 6) is -0.787. The van der Waals surface area contributed by atoms with Crippen LogP contribution < -0.4 is 5.32 Å². The van der Waals surface area contributed by atoms with Crippen LogP contribution in [0, 0.1) is 11.6 Å². The molecule has 21 heavy (non-hydrogen) atoms. The second-order valence-electron chi connectivity index (χ2n) is 5.55. The van der Waals surface area contributed by atoms with Crippen LogP contribution >= 0.6 is 0 Å². The summed E-state index contributed by atoms with van der Waals surface area (Å²) in [5.41, 5.74) is 1.44. The zero-order valence-electron chi connectivity index (χ0n) is 11.9. The second-order valence-corrected chi connectivity index (χ2v) is 5.55. The Kier molecular flexibility index (Phi) is 3.98. The average Bonchev–Trinajstić information content (AvgIpc) is 2.79. The van der Waals surface area contributed by atoms with E-state index in [0.29, 0.717) is 24.7 Å². The quantitative estimate of drug-likeness (QED) is 0.914. The lowest BCUT2D eigenvalue weighted by Crippen LogP contribution is -2.43. The number of nitrogens with zero attached hydrogens (tertiary/aromatic N) is 3. The molecule has 0 unspecified atom stereocenters. The van der Waals surface area contributed by atoms with Crippen molar-refractivity contribution in [1.29, 1.82) is 0 Å². The van der Waals surface area contributed by atoms with Crippen LogP contribution in [0.15, 0.2) is 30.6 Å². The van der Waals surface area contributed by atoms with Crippen molar-refractivity contribution >= 4 is 0 Å². The van der Waals surface area contributed by atoms with Crippen molar-refractivity contribution in [2.24, 2.45) is 0 Å². The van der Waals surface area contributed by atoms with E-state index < -0.39 is 5.82 Å². The highest BCUT2D eigenvalue weighted by molar-refractivity contribution is 5.18. The molecule has 0 saturated carbocycles. The molecular formula is C15H18F2N4. The first-order valence-corrected chi connectivity index (χ1v) is 6.98. The number of rotatable bonds is 5. The largest absolute Gasteiger partial charge is 0.312 e. The maximum Gasteiger partial charge on any atom is 0.127 e. The SMILES string of the molecule is CN(Cc1cnn(C2CNC2)c1)Cc1cc(F)ccc1F. The molecule has 0 amide bonds. The smallest absolute Gasteiger partial charge is 0.127 e. The van der Waals surface area contributed by atoms with E-state index in [9.17, 15) is 8.78 Å². The van der Waals surface area contributed by atoms with Gasteiger partial charge in [0.25, 0.3) is 0 Å². The van der Waals surface area contributed by atoms with Crippen LogP contribution in [0.1, 0.15) is 17.2 Å². The van der Waals surface area contributed by atoms with Gasteiger partial charge in [0.1, 0.15) is 11.6 Å². The molecule has 0 atom stereocenters. The third kappa shape index (κ3) is 3.28. The van der Waals surface area contributed by atoms with Crippen molar-refractivity contribution in [3.63, 3.8) is 0 Å². The molecular weight excluding hydrogens is 274 g/mol. The molecule has 1 fully saturated rings. The van der Waals surface area contributed by atoms with Gasteiger partial charge in [-0.1, -0.05) is 0 Å². The molecule has 1 aromatic carbocycles. The van der Waals surface area contributed by atoms with Crippen LogP contribution in [0.3, 0.4) is 0 Å². The molecule has 2 heterocycles. The molecule has 0 bridgehead atoms. The first-order valence-electron chi connectivity index (χ1n) is 6.98. The number of nitrogens with one attached hydrogen (secondary N) is 1. The number of benzene rings is 1. The van der Waals surface area contributed by atoms with Gasteiger partial charge in [0.15, 0.2) is 0 Å². The van der Waals surface area contributed by atoms with E-state index in [0.717, 1.165) is 24.7 Å². The number of aromatic nitrogens is 2. The molecule has 4 nitrogen and oxygen atoms in total. The molecule has 1 aliphatic heterocycles. The standard InChI is InChI=1S/C15H18F2N4/c1-20(10-12-4-13(16)2-3-15(12)17)8-11-5-19-21(9-11)14-6-18-7-14/h2-5,9,14,18H,6-8,10H2,1H3. The molecule has 0 spiro atoms. The first kappa shape index (κ1) is 14.2. The van der Waals surface area contributed by atoms with Crippen molar-refractivity contribution in [3.05, 3.63) is 53.4 Å². The molecule has 2 aromatic rings. The summed E-state index contributed by atoms with van der Waals surface area (Å²) in [5, 5.41) is 7.55. The Morgan fingerprint density at radius 3 is 2.86 bits per heavy atom. The van der Waals surface area contributed by atoms with E-state index in [1.54, 1.807) is 0 Å². The second kappa shape index (κ2) is 5.91. The van der Waals surface area contributed by atoms with Gasteiger partial charge in [0.2, 0.25) is 0 Å². The maximum atomic E-state index is 13.6. The van der Waals surface area contributed by atoms with Gasteiger partial charge < -0.3 is 5.32 Å². The van der Waals surface area contributed by atoms with Crippen LogP contribution in [0.4, 0.5) is 8.78 Å². The van der Waals surface area contributed by atoms with Crippen molar-refractivity contribution in [3.8, 4) is 0 Å². The Morgan fingerprint density at radius 1 is 1.33 bits per heavy atom. The minimum Gasteiger partial charge on any atom is -0.312 e. The van der Waals surface area contributed by atoms with Crippen LogP contribution in [0.25, 0.3) is 0 Å². The predicted molar refractivity (Wildman–Crippen MR) is 75.7 cm³/mol. The number of hydrogen-bond acceptors (Lipinski definition) is 3. The third-order valence-electron chi connectivity index (χ3n) is 3.69. The molecule has 6 heteroatoms. The lowest BCUT2D eigenvalue weighted by atomic mass is 10.2. The topological polar surface area (TPSA) is 33.1 Å². The highest BCUT2D eigenvalue weighted by atomic mass is 19.1. The van der Waals surface area contributed by atoms with Crippen LogP contribution in [-0.4, -0.2) is 34.8 Å². The lowest BCUT2D eigenvalue weighted by molar-refractivity contribution is 0.308. The third-order valence-corrected chi connectivity index (χ3v) is 3.69. The molecule has 1 N–H and O–H groups in total. The first-order chi connectivity index (χ1) is 10.1. The summed E-state index contributed by atoms with van der Waals surface area (Å²) in [6.07, 6.45) is 3.85. The van der Waals surface area contributed by atoms with Crippen molar-refractivity contribution < 1.29 is 8.78 Å². The molecule has 0 radical (unpaired) electrons. The Morgan fingerprint density at radius 2 is 2.14 bits per heavy atom. The number of hydrogen-bond donors (Lipinski definition) is 1. The molecule has 0 aliphatic carbocycles. The molecule has 1 aromatic heterocycles. The van der Waals surface area contributed by atoms with E-state index in [-0.39, 0.29) is 5.82 Å². The molecule has 3 rings (SSSR count). The highest BCUT2D eigenvalue weighted by Crippen LogP contribution is 2.15. The summed E-state index contributed by atoms with van der Waals surface area (Å²) >= 11 is 0. The van der Waals surface area contributed by atoms with Gasteiger partial charge in [-0.15, -0.1) is 0 Å². The van der Waals surface area contributed by atoms with Gasteiger partial charge in [0.05, 0.1) is 12.2 Å². The lowest BCUT2D eigenvalue weighted by Gasteiger charge is -2.27. The van der Waals surface area contributed by atoms with Crippen LogP contribution in [0.5, 0.6) is 0 Å². The van der Waals surface area contributed by atoms with Gasteiger partial charge in [-0.05, 0) is 25.2 Å². The maximum absolute atomic E-state index is 13.6. The van der Waals surface area contributed by atoms with Gasteiger partial charge >= 0.3 is 0 Å². The summed E-state index contributed by atoms with van der Waals surface area (Å²) in [7, 11) is 1.88. The summed E-state index contributed by atoms with van der Waals surface area (Å²) in [6, 6.07) is 3.98. The Bertz CT molecular complexity index is 622. The zero-order chi connectivity index (χ0) is 14.8. The Labute approximate surface area is 122 Å². The Balaban J connectivity index is 1.61. The van der Waals surface area contributed by atoms with Crippen LogP contribution in [0.2, 0.25) is 0 Å². The van der Waals surface area contributed by atoms with E-state index in [1.807, 2.05) is 29.0 Å². The zero-order valence-corrected chi connectivity index (χ0v) is 11.9. The normalized spacial score (nSPS) is 15.4. The van der Waals surface area contributed by atoms with E-state index in [1.165, 1.54) is 12.1 Å². The van der Waals surface area contributed by atoms with Crippen molar-refractivity contribution in [2.75, 3.05) is 20.1 Å². The van der Waals surface area contributed by atoms with E-state index >= 15 is 0 Å². The van der Waals surface area contributed by atoms with Crippen LogP contribution in [-0.2, 0) is 13.1 Å². The fourth-order valence-corrected chi connectivity index (χ4v) is 2.44. The predicted octanol–water partition coefficient (Wildman–Crippen LogP) is 1.94. The van der Waals surface area contributed by atoms with Crippen molar-refractivity contribution in [2.45, 2.75) is 19.1 Å². The minimum atomic E-state index is -0.412. The summed E-state index contributed by atoms with van der Waals surface area (Å²) < 4.78 is 28.7. The van der Waals surface area contributed by atoms with Crippen molar-refractivity contribution in [1.82, 2.24) is 20.0 Å². The van der Waals surface area contributed by atoms with E-state index in [2.05, 4.69) is 10.4 Å². The monoisotopic (exact) mass is 292 g/mol.